The van der Waals surface area contributed by atoms with Crippen molar-refractivity contribution in [3.05, 3.63) is 55.4 Å². The minimum atomic E-state index is -1.03. The summed E-state index contributed by atoms with van der Waals surface area (Å²) in [4.78, 5) is 35.5. The lowest BCUT2D eigenvalue weighted by atomic mass is 10.0. The predicted octanol–water partition coefficient (Wildman–Crippen LogP) is 3.37. The van der Waals surface area contributed by atoms with Gasteiger partial charge in [0.15, 0.2) is 0 Å². The molecule has 0 saturated heterocycles. The number of hydrogen-bond acceptors (Lipinski definition) is 8. The van der Waals surface area contributed by atoms with E-state index >= 15 is 0 Å². The number of anilines is 1. The highest BCUT2D eigenvalue weighted by molar-refractivity contribution is 6.47. The molecule has 1 aromatic carbocycles. The number of halogens is 2. The second-order valence-corrected chi connectivity index (χ2v) is 7.94. The molecule has 0 aliphatic carbocycles. The van der Waals surface area contributed by atoms with Gasteiger partial charge in [-0.05, 0) is 36.6 Å². The number of carbonyl (C=O) groups is 2. The lowest BCUT2D eigenvalue weighted by Crippen LogP contribution is -2.36. The second-order valence-electron chi connectivity index (χ2n) is 7.13. The molecule has 1 heterocycles. The molecule has 10 nitrogen and oxygen atoms in total. The van der Waals surface area contributed by atoms with Gasteiger partial charge >= 0.3 is 6.09 Å². The Labute approximate surface area is 200 Å². The molecule has 174 valence electrons. The van der Waals surface area contributed by atoms with Gasteiger partial charge in [-0.1, -0.05) is 37.0 Å². The van der Waals surface area contributed by atoms with Crippen molar-refractivity contribution in [2.45, 2.75) is 33.1 Å². The molecule has 2 N–H and O–H groups in total. The number of nitriles is 1. The van der Waals surface area contributed by atoms with Crippen LogP contribution in [0.2, 0.25) is 10.0 Å². The van der Waals surface area contributed by atoms with Gasteiger partial charge in [0.2, 0.25) is 5.71 Å². The van der Waals surface area contributed by atoms with Gasteiger partial charge in [0, 0.05) is 29.1 Å². The summed E-state index contributed by atoms with van der Waals surface area (Å²) in [5.74, 6) is -1.00. The highest BCUT2D eigenvalue weighted by Gasteiger charge is 2.17. The van der Waals surface area contributed by atoms with E-state index in [1.54, 1.807) is 26.1 Å². The first-order valence-corrected chi connectivity index (χ1v) is 10.6. The van der Waals surface area contributed by atoms with Crippen molar-refractivity contribution in [1.82, 2.24) is 15.1 Å². The molecule has 0 fully saturated rings. The predicted molar refractivity (Wildman–Crippen MR) is 125 cm³/mol. The molecule has 0 unspecified atom stereocenters. The lowest BCUT2D eigenvalue weighted by Gasteiger charge is -2.12. The molecular formula is C21H22Cl2N6O4. The largest absolute Gasteiger partial charge is 0.450 e. The van der Waals surface area contributed by atoms with E-state index in [-0.39, 0.29) is 34.6 Å². The number of nitrogens with one attached hydrogen (secondary N) is 2. The molecule has 2 aromatic rings. The van der Waals surface area contributed by atoms with Crippen LogP contribution >= 0.6 is 23.2 Å². The van der Waals surface area contributed by atoms with Crippen LogP contribution in [-0.2, 0) is 23.0 Å². The quantitative estimate of drug-likeness (QED) is 0.446. The van der Waals surface area contributed by atoms with Crippen LogP contribution in [0.25, 0.3) is 0 Å². The van der Waals surface area contributed by atoms with Crippen LogP contribution in [0.3, 0.4) is 0 Å². The normalized spacial score (nSPS) is 11.2. The van der Waals surface area contributed by atoms with Gasteiger partial charge in [-0.25, -0.2) is 9.48 Å². The monoisotopic (exact) mass is 492 g/mol. The number of amides is 2. The third-order valence-electron chi connectivity index (χ3n) is 4.37. The minimum absolute atomic E-state index is 0.0243. The molecule has 0 aliphatic heterocycles. The van der Waals surface area contributed by atoms with E-state index in [1.807, 2.05) is 19.2 Å². The summed E-state index contributed by atoms with van der Waals surface area (Å²) in [6.45, 7) is 5.47. The van der Waals surface area contributed by atoms with Gasteiger partial charge in [-0.3, -0.25) is 20.3 Å². The van der Waals surface area contributed by atoms with E-state index in [2.05, 4.69) is 20.4 Å². The van der Waals surface area contributed by atoms with Crippen LogP contribution in [0.5, 0.6) is 0 Å². The number of aromatic nitrogens is 2. The van der Waals surface area contributed by atoms with Crippen molar-refractivity contribution in [3.8, 4) is 6.07 Å². The Morgan fingerprint density at radius 2 is 1.91 bits per heavy atom. The zero-order valence-electron chi connectivity index (χ0n) is 18.4. The van der Waals surface area contributed by atoms with Crippen LogP contribution < -0.4 is 16.3 Å². The third-order valence-corrected chi connectivity index (χ3v) is 5.05. The van der Waals surface area contributed by atoms with Gasteiger partial charge in [0.25, 0.3) is 11.5 Å². The molecule has 0 radical (unpaired) electrons. The molecule has 2 rings (SSSR count). The summed E-state index contributed by atoms with van der Waals surface area (Å²) < 4.78 is 5.86. The molecule has 1 aromatic heterocycles. The van der Waals surface area contributed by atoms with E-state index in [9.17, 15) is 14.4 Å². The van der Waals surface area contributed by atoms with E-state index in [0.29, 0.717) is 22.5 Å². The second kappa shape index (κ2) is 11.4. The molecule has 0 bridgehead atoms. The molecule has 0 aliphatic rings. The molecule has 12 heteroatoms. The fourth-order valence-corrected chi connectivity index (χ4v) is 3.40. The molecule has 33 heavy (non-hydrogen) atoms. The molecule has 0 saturated carbocycles. The summed E-state index contributed by atoms with van der Waals surface area (Å²) in [6.07, 6.45) is -0.714. The Morgan fingerprint density at radius 1 is 1.27 bits per heavy atom. The van der Waals surface area contributed by atoms with E-state index in [0.717, 1.165) is 0 Å². The number of rotatable bonds is 7. The van der Waals surface area contributed by atoms with Crippen LogP contribution in [-0.4, -0.2) is 34.1 Å². The number of alkyl carbamates (subject to hydrolysis) is 1. The number of carbonyl (C=O) groups excluding carboxylic acids is 2. The summed E-state index contributed by atoms with van der Waals surface area (Å²) in [5.41, 5.74) is 3.89. The SMILES string of the molecule is CCOC(=O)NC(=O)/C(C#N)=N\Nc1cc(Cl)c(Cc2cc(C(C)C)c(=O)n(C)n2)c(Cl)c1. The van der Waals surface area contributed by atoms with Gasteiger partial charge < -0.3 is 4.74 Å². The van der Waals surface area contributed by atoms with Crippen molar-refractivity contribution < 1.29 is 14.3 Å². The smallest absolute Gasteiger partial charge is 0.414 e. The first-order valence-electron chi connectivity index (χ1n) is 9.84. The van der Waals surface area contributed by atoms with Gasteiger partial charge in [-0.15, -0.1) is 0 Å². The lowest BCUT2D eigenvalue weighted by molar-refractivity contribution is -0.114. The zero-order valence-corrected chi connectivity index (χ0v) is 19.9. The van der Waals surface area contributed by atoms with Crippen molar-refractivity contribution >= 4 is 46.6 Å². The Hall–Kier alpha value is -3.42. The maximum absolute atomic E-state index is 12.2. The first-order chi connectivity index (χ1) is 15.6. The van der Waals surface area contributed by atoms with Crippen LogP contribution in [0.4, 0.5) is 10.5 Å². The summed E-state index contributed by atoms with van der Waals surface area (Å²) in [6, 6.07) is 6.34. The van der Waals surface area contributed by atoms with E-state index < -0.39 is 17.7 Å². The van der Waals surface area contributed by atoms with Crippen molar-refractivity contribution in [2.75, 3.05) is 12.0 Å². The Morgan fingerprint density at radius 3 is 2.45 bits per heavy atom. The fraction of sp³-hybridized carbons (Fsp3) is 0.333. The van der Waals surface area contributed by atoms with Crippen molar-refractivity contribution in [1.29, 1.82) is 5.26 Å². The Kier molecular flexibility index (Phi) is 8.96. The molecule has 2 amide bonds. The van der Waals surface area contributed by atoms with Crippen LogP contribution in [0, 0.1) is 11.3 Å². The number of ether oxygens (including phenoxy) is 1. The van der Waals surface area contributed by atoms with Gasteiger partial charge in [-0.2, -0.15) is 15.5 Å². The number of hydrogen-bond donors (Lipinski definition) is 2. The van der Waals surface area contributed by atoms with Gasteiger partial charge in [0.05, 0.1) is 18.0 Å². The standard InChI is InChI=1S/C21H22Cl2N6O4/c1-5-33-21(32)25-19(30)18(10-24)27-26-12-8-16(22)15(17(23)9-12)7-13-6-14(11(2)3)20(31)29(4)28-13/h6,8-9,11,26H,5,7H2,1-4H3,(H,25,30,32)/b27-18-. The first kappa shape index (κ1) is 25.8. The number of aryl methyl sites for hydroxylation is 1. The van der Waals surface area contributed by atoms with Crippen molar-refractivity contribution in [2.24, 2.45) is 12.1 Å². The van der Waals surface area contributed by atoms with Gasteiger partial charge in [0.1, 0.15) is 6.07 Å². The highest BCUT2D eigenvalue weighted by Crippen LogP contribution is 2.31. The maximum atomic E-state index is 12.2. The number of nitrogens with zero attached hydrogens (tertiary/aromatic N) is 4. The van der Waals surface area contributed by atoms with Crippen LogP contribution in [0.1, 0.15) is 43.5 Å². The van der Waals surface area contributed by atoms with Crippen LogP contribution in [0.15, 0.2) is 28.1 Å². The van der Waals surface area contributed by atoms with Crippen molar-refractivity contribution in [3.63, 3.8) is 0 Å². The Bertz CT molecular complexity index is 1180. The topological polar surface area (TPSA) is 138 Å². The summed E-state index contributed by atoms with van der Waals surface area (Å²) in [5, 5.41) is 19.5. The fourth-order valence-electron chi connectivity index (χ4n) is 2.78. The summed E-state index contributed by atoms with van der Waals surface area (Å²) in [7, 11) is 1.58. The molecule has 0 atom stereocenters. The summed E-state index contributed by atoms with van der Waals surface area (Å²) >= 11 is 12.8. The number of imide groups is 1. The zero-order chi connectivity index (χ0) is 24.7. The molecular weight excluding hydrogens is 471 g/mol. The average molecular weight is 493 g/mol. The number of hydrazone groups is 1. The third kappa shape index (κ3) is 6.78. The Balaban J connectivity index is 2.25. The van der Waals surface area contributed by atoms with E-state index in [1.165, 1.54) is 16.8 Å². The van der Waals surface area contributed by atoms with E-state index in [4.69, 9.17) is 28.5 Å². The maximum Gasteiger partial charge on any atom is 0.414 e. The minimum Gasteiger partial charge on any atom is -0.450 e. The molecule has 0 spiro atoms. The number of benzene rings is 1. The highest BCUT2D eigenvalue weighted by atomic mass is 35.5. The average Bonchev–Trinajstić information content (AvgIpc) is 2.73.